The first kappa shape index (κ1) is 23.7. The molecule has 4 rings (SSSR count). The number of para-hydroxylation sites is 1. The van der Waals surface area contributed by atoms with Crippen LogP contribution in [0.3, 0.4) is 0 Å². The number of nitrogens with one attached hydrogen (secondary N) is 1. The van der Waals surface area contributed by atoms with Crippen LogP contribution in [-0.4, -0.2) is 31.3 Å². The molecule has 1 N–H and O–H groups in total. The molecule has 0 aliphatic rings. The van der Waals surface area contributed by atoms with Crippen molar-refractivity contribution < 1.29 is 14.3 Å². The largest absolute Gasteiger partial charge is 0.496 e. The van der Waals surface area contributed by atoms with E-state index < -0.39 is 0 Å². The highest BCUT2D eigenvalue weighted by Crippen LogP contribution is 2.30. The number of hydrogen-bond acceptors (Lipinski definition) is 5. The van der Waals surface area contributed by atoms with E-state index in [1.165, 1.54) is 0 Å². The van der Waals surface area contributed by atoms with Gasteiger partial charge in [-0.15, -0.1) is 0 Å². The Kier molecular flexibility index (Phi) is 7.43. The van der Waals surface area contributed by atoms with Crippen LogP contribution >= 0.6 is 23.2 Å². The van der Waals surface area contributed by atoms with Gasteiger partial charge in [0.1, 0.15) is 5.75 Å². The molecular formula is C26H21Cl2N3O3. The Morgan fingerprint density at radius 2 is 1.85 bits per heavy atom. The molecule has 0 aliphatic carbocycles. The van der Waals surface area contributed by atoms with Crippen molar-refractivity contribution in [3.8, 4) is 17.0 Å². The van der Waals surface area contributed by atoms with E-state index in [2.05, 4.69) is 15.5 Å². The lowest BCUT2D eigenvalue weighted by Gasteiger charge is -2.10. The lowest BCUT2D eigenvalue weighted by Crippen LogP contribution is -2.18. The Labute approximate surface area is 207 Å². The number of carbonyl (C=O) groups excluding carboxylic acids is 1. The quantitative estimate of drug-likeness (QED) is 0.248. The third-order valence-corrected chi connectivity index (χ3v) is 5.90. The van der Waals surface area contributed by atoms with Crippen LogP contribution in [0.4, 0.5) is 0 Å². The van der Waals surface area contributed by atoms with Crippen molar-refractivity contribution in [3.05, 3.63) is 93.5 Å². The second-order valence-corrected chi connectivity index (χ2v) is 8.22. The van der Waals surface area contributed by atoms with Gasteiger partial charge in [0.25, 0.3) is 5.91 Å². The van der Waals surface area contributed by atoms with Crippen LogP contribution < -0.4 is 10.2 Å². The molecule has 4 aromatic rings. The molecule has 0 saturated carbocycles. The number of methoxy groups -OCH3 is 2. The van der Waals surface area contributed by atoms with Gasteiger partial charge in [0.2, 0.25) is 0 Å². The zero-order valence-electron chi connectivity index (χ0n) is 18.5. The van der Waals surface area contributed by atoms with Crippen molar-refractivity contribution in [2.75, 3.05) is 14.2 Å². The molecule has 8 heteroatoms. The zero-order chi connectivity index (χ0) is 24.1. The van der Waals surface area contributed by atoms with Gasteiger partial charge in [-0.3, -0.25) is 4.79 Å². The van der Waals surface area contributed by atoms with E-state index >= 15 is 0 Å². The third-order valence-electron chi connectivity index (χ3n) is 5.16. The van der Waals surface area contributed by atoms with Gasteiger partial charge >= 0.3 is 0 Å². The van der Waals surface area contributed by atoms with Crippen LogP contribution in [0.15, 0.2) is 71.8 Å². The van der Waals surface area contributed by atoms with Gasteiger partial charge in [-0.2, -0.15) is 5.10 Å². The molecule has 0 fully saturated rings. The van der Waals surface area contributed by atoms with Crippen molar-refractivity contribution in [1.29, 1.82) is 0 Å². The SMILES string of the molecule is COCc1cc(/C=N\NC(=O)c2cc(-c3ccc(Cl)c(Cl)c3)nc3ccccc23)ccc1OC. The molecule has 1 amide bonds. The number of hydrogen-bond donors (Lipinski definition) is 1. The third kappa shape index (κ3) is 5.20. The van der Waals surface area contributed by atoms with Crippen LogP contribution in [-0.2, 0) is 11.3 Å². The van der Waals surface area contributed by atoms with Crippen LogP contribution in [0.1, 0.15) is 21.5 Å². The van der Waals surface area contributed by atoms with Gasteiger partial charge < -0.3 is 9.47 Å². The average molecular weight is 494 g/mol. The minimum atomic E-state index is -0.359. The molecule has 34 heavy (non-hydrogen) atoms. The molecule has 172 valence electrons. The van der Waals surface area contributed by atoms with Gasteiger partial charge in [-0.25, -0.2) is 10.4 Å². The molecule has 1 heterocycles. The summed E-state index contributed by atoms with van der Waals surface area (Å²) in [4.78, 5) is 17.8. The monoisotopic (exact) mass is 493 g/mol. The summed E-state index contributed by atoms with van der Waals surface area (Å²) in [5.74, 6) is 0.364. The molecule has 0 bridgehead atoms. The van der Waals surface area contributed by atoms with Gasteiger partial charge in [0.05, 0.1) is 46.8 Å². The number of amides is 1. The summed E-state index contributed by atoms with van der Waals surface area (Å²) in [6, 6.07) is 20.0. The minimum absolute atomic E-state index is 0.359. The fraction of sp³-hybridized carbons (Fsp3) is 0.115. The topological polar surface area (TPSA) is 72.8 Å². The van der Waals surface area contributed by atoms with Crippen LogP contribution in [0.25, 0.3) is 22.2 Å². The molecule has 0 radical (unpaired) electrons. The summed E-state index contributed by atoms with van der Waals surface area (Å²) in [6.07, 6.45) is 1.57. The van der Waals surface area contributed by atoms with Crippen molar-refractivity contribution in [2.45, 2.75) is 6.61 Å². The fourth-order valence-corrected chi connectivity index (χ4v) is 3.84. The standard InChI is InChI=1S/C26H21Cl2N3O3/c1-33-15-18-11-16(7-10-25(18)34-2)14-29-31-26(32)20-13-24(17-8-9-21(27)22(28)12-17)30-23-6-4-3-5-19(20)23/h3-14H,15H2,1-2H3,(H,31,32)/b29-14-. The minimum Gasteiger partial charge on any atom is -0.496 e. The maximum Gasteiger partial charge on any atom is 0.272 e. The highest BCUT2D eigenvalue weighted by Gasteiger charge is 2.14. The number of carbonyl (C=O) groups is 1. The summed E-state index contributed by atoms with van der Waals surface area (Å²) in [5.41, 5.74) is 6.77. The number of nitrogens with zero attached hydrogens (tertiary/aromatic N) is 2. The van der Waals surface area contributed by atoms with E-state index in [1.807, 2.05) is 48.5 Å². The van der Waals surface area contributed by atoms with Gasteiger partial charge in [0, 0.05) is 23.6 Å². The van der Waals surface area contributed by atoms with E-state index in [0.717, 1.165) is 22.4 Å². The van der Waals surface area contributed by atoms with Crippen LogP contribution in [0.2, 0.25) is 10.0 Å². The number of ether oxygens (including phenoxy) is 2. The summed E-state index contributed by atoms with van der Waals surface area (Å²) in [7, 11) is 3.22. The summed E-state index contributed by atoms with van der Waals surface area (Å²) in [5, 5.41) is 5.72. The zero-order valence-corrected chi connectivity index (χ0v) is 20.0. The Morgan fingerprint density at radius 3 is 2.62 bits per heavy atom. The Bertz CT molecular complexity index is 1390. The van der Waals surface area contributed by atoms with Crippen LogP contribution in [0, 0.1) is 0 Å². The number of benzene rings is 3. The van der Waals surface area contributed by atoms with E-state index in [-0.39, 0.29) is 5.91 Å². The van der Waals surface area contributed by atoms with Crippen molar-refractivity contribution in [3.63, 3.8) is 0 Å². The molecule has 0 spiro atoms. The lowest BCUT2D eigenvalue weighted by atomic mass is 10.0. The molecule has 0 saturated heterocycles. The van der Waals surface area contributed by atoms with E-state index in [1.54, 1.807) is 38.6 Å². The summed E-state index contributed by atoms with van der Waals surface area (Å²) in [6.45, 7) is 0.401. The first-order valence-corrected chi connectivity index (χ1v) is 11.1. The first-order valence-electron chi connectivity index (χ1n) is 10.3. The smallest absolute Gasteiger partial charge is 0.272 e. The number of hydrazone groups is 1. The fourth-order valence-electron chi connectivity index (χ4n) is 3.54. The molecule has 0 aliphatic heterocycles. The number of aromatic nitrogens is 1. The lowest BCUT2D eigenvalue weighted by molar-refractivity contribution is 0.0956. The average Bonchev–Trinajstić information content (AvgIpc) is 2.85. The molecular weight excluding hydrogens is 473 g/mol. The normalized spacial score (nSPS) is 11.2. The summed E-state index contributed by atoms with van der Waals surface area (Å²) >= 11 is 12.2. The molecule has 0 unspecified atom stereocenters. The molecule has 3 aromatic carbocycles. The van der Waals surface area contributed by atoms with Crippen molar-refractivity contribution in [2.24, 2.45) is 5.10 Å². The maximum atomic E-state index is 13.1. The molecule has 1 aromatic heterocycles. The van der Waals surface area contributed by atoms with E-state index in [0.29, 0.717) is 38.8 Å². The van der Waals surface area contributed by atoms with Crippen molar-refractivity contribution in [1.82, 2.24) is 10.4 Å². The second-order valence-electron chi connectivity index (χ2n) is 7.40. The predicted molar refractivity (Wildman–Crippen MR) is 136 cm³/mol. The number of halogens is 2. The van der Waals surface area contributed by atoms with Crippen LogP contribution in [0.5, 0.6) is 5.75 Å². The van der Waals surface area contributed by atoms with Crippen molar-refractivity contribution >= 4 is 46.2 Å². The predicted octanol–water partition coefficient (Wildman–Crippen LogP) is 6.13. The molecule has 6 nitrogen and oxygen atoms in total. The first-order chi connectivity index (χ1) is 16.5. The number of pyridine rings is 1. The van der Waals surface area contributed by atoms with E-state index in [9.17, 15) is 4.79 Å². The van der Waals surface area contributed by atoms with Gasteiger partial charge in [-0.05, 0) is 48.0 Å². The highest BCUT2D eigenvalue weighted by molar-refractivity contribution is 6.42. The number of rotatable bonds is 7. The Hall–Kier alpha value is -3.45. The molecule has 0 atom stereocenters. The summed E-state index contributed by atoms with van der Waals surface area (Å²) < 4.78 is 10.6. The van der Waals surface area contributed by atoms with Gasteiger partial charge in [0.15, 0.2) is 0 Å². The highest BCUT2D eigenvalue weighted by atomic mass is 35.5. The Morgan fingerprint density at radius 1 is 1.03 bits per heavy atom. The Balaban J connectivity index is 1.63. The van der Waals surface area contributed by atoms with E-state index in [4.69, 9.17) is 32.7 Å². The maximum absolute atomic E-state index is 13.1. The second kappa shape index (κ2) is 10.7. The van der Waals surface area contributed by atoms with Gasteiger partial charge in [-0.1, -0.05) is 47.5 Å². The number of fused-ring (bicyclic) bond motifs is 1.